The Morgan fingerprint density at radius 3 is 2.28 bits per heavy atom. The van der Waals surface area contributed by atoms with Crippen molar-refractivity contribution in [1.82, 2.24) is 14.5 Å². The smallest absolute Gasteiger partial charge is 0.235 e. The maximum atomic E-state index is 6.39. The summed E-state index contributed by atoms with van der Waals surface area (Å²) in [6.07, 6.45) is 0. The van der Waals surface area contributed by atoms with Crippen molar-refractivity contribution in [2.45, 2.75) is 20.8 Å². The molecule has 39 heavy (non-hydrogen) atoms. The number of nitrogens with zero attached hydrogens (tertiary/aromatic N) is 3. The number of hydrogen-bond donors (Lipinski definition) is 0. The lowest BCUT2D eigenvalue weighted by atomic mass is 10.0. The maximum absolute atomic E-state index is 6.39. The van der Waals surface area contributed by atoms with E-state index in [9.17, 15) is 0 Å². The van der Waals surface area contributed by atoms with Crippen LogP contribution in [0.3, 0.4) is 0 Å². The van der Waals surface area contributed by atoms with Crippen LogP contribution in [0.2, 0.25) is 0 Å². The minimum Gasteiger partial charge on any atom is -0.456 e. The second-order valence-electron chi connectivity index (χ2n) is 10.5. The number of para-hydroxylation sites is 2. The van der Waals surface area contributed by atoms with Crippen LogP contribution >= 0.6 is 0 Å². The Balaban J connectivity index is 1.52. The number of rotatable bonds is 2. The van der Waals surface area contributed by atoms with Gasteiger partial charge in [-0.25, -0.2) is 9.97 Å². The predicted octanol–water partition coefficient (Wildman–Crippen LogP) is 9.22. The Kier molecular flexibility index (Phi) is 4.54. The van der Waals surface area contributed by atoms with Gasteiger partial charge in [-0.15, -0.1) is 0 Å². The third-order valence-corrected chi connectivity index (χ3v) is 7.82. The summed E-state index contributed by atoms with van der Waals surface area (Å²) in [7, 11) is 0. The van der Waals surface area contributed by atoms with Gasteiger partial charge in [-0.1, -0.05) is 71.8 Å². The molecule has 186 valence electrons. The van der Waals surface area contributed by atoms with Crippen molar-refractivity contribution in [3.63, 3.8) is 0 Å². The summed E-state index contributed by atoms with van der Waals surface area (Å²) in [5.74, 6) is 0.664. The lowest BCUT2D eigenvalue weighted by Crippen LogP contribution is -2.03. The molecule has 0 fully saturated rings. The number of benzene rings is 5. The van der Waals surface area contributed by atoms with Crippen molar-refractivity contribution in [3.05, 3.63) is 114 Å². The van der Waals surface area contributed by atoms with Crippen LogP contribution in [-0.4, -0.2) is 14.5 Å². The molecule has 0 unspecified atom stereocenters. The highest BCUT2D eigenvalue weighted by molar-refractivity contribution is 6.17. The predicted molar refractivity (Wildman–Crippen MR) is 161 cm³/mol. The Labute approximate surface area is 225 Å². The zero-order valence-corrected chi connectivity index (χ0v) is 22.0. The molecule has 3 aromatic heterocycles. The molecule has 0 N–H and O–H groups in total. The number of fused-ring (bicyclic) bond motifs is 7. The third kappa shape index (κ3) is 3.25. The van der Waals surface area contributed by atoms with Crippen LogP contribution in [0, 0.1) is 20.8 Å². The van der Waals surface area contributed by atoms with E-state index in [0.29, 0.717) is 5.95 Å². The highest BCUT2D eigenvalue weighted by Gasteiger charge is 2.20. The largest absolute Gasteiger partial charge is 0.456 e. The monoisotopic (exact) mass is 503 g/mol. The first-order valence-electron chi connectivity index (χ1n) is 13.3. The fourth-order valence-electron chi connectivity index (χ4n) is 5.96. The highest BCUT2D eigenvalue weighted by atomic mass is 16.3. The van der Waals surface area contributed by atoms with E-state index in [4.69, 9.17) is 14.4 Å². The summed E-state index contributed by atoms with van der Waals surface area (Å²) in [4.78, 5) is 10.4. The van der Waals surface area contributed by atoms with Crippen LogP contribution in [0.1, 0.15) is 16.7 Å². The lowest BCUT2D eigenvalue weighted by molar-refractivity contribution is 0.666. The molecule has 8 rings (SSSR count). The number of aromatic nitrogens is 3. The lowest BCUT2D eigenvalue weighted by Gasteiger charge is -2.12. The van der Waals surface area contributed by atoms with E-state index in [2.05, 4.69) is 116 Å². The molecule has 0 saturated carbocycles. The van der Waals surface area contributed by atoms with Gasteiger partial charge in [0.05, 0.1) is 22.2 Å². The molecule has 0 radical (unpaired) electrons. The summed E-state index contributed by atoms with van der Waals surface area (Å²) >= 11 is 0. The molecule has 4 heteroatoms. The fourth-order valence-corrected chi connectivity index (χ4v) is 5.96. The normalized spacial score (nSPS) is 12.0. The van der Waals surface area contributed by atoms with E-state index in [-0.39, 0.29) is 0 Å². The SMILES string of the molecule is Cc1cccc(-c2nc(-n3c4ccc(C)cc4c4cc5oc6c(C)cccc6c5cc43)nc3ccccc23)c1. The van der Waals surface area contributed by atoms with Gasteiger partial charge in [-0.05, 0) is 62.7 Å². The average Bonchev–Trinajstić information content (AvgIpc) is 3.47. The molecule has 0 bridgehead atoms. The molecule has 4 nitrogen and oxygen atoms in total. The highest BCUT2D eigenvalue weighted by Crippen LogP contribution is 2.39. The number of hydrogen-bond acceptors (Lipinski definition) is 3. The molecular formula is C35H25N3O. The first-order valence-corrected chi connectivity index (χ1v) is 13.3. The summed E-state index contributed by atoms with van der Waals surface area (Å²) in [5, 5.41) is 5.56. The number of aryl methyl sites for hydroxylation is 3. The van der Waals surface area contributed by atoms with Gasteiger partial charge in [0.25, 0.3) is 0 Å². The van der Waals surface area contributed by atoms with Crippen molar-refractivity contribution in [2.75, 3.05) is 0 Å². The second kappa shape index (κ2) is 8.02. The van der Waals surface area contributed by atoms with Crippen molar-refractivity contribution >= 4 is 54.6 Å². The Morgan fingerprint density at radius 1 is 0.590 bits per heavy atom. The average molecular weight is 504 g/mol. The van der Waals surface area contributed by atoms with Gasteiger partial charge in [-0.3, -0.25) is 4.57 Å². The zero-order valence-electron chi connectivity index (χ0n) is 22.0. The van der Waals surface area contributed by atoms with Crippen molar-refractivity contribution in [2.24, 2.45) is 0 Å². The third-order valence-electron chi connectivity index (χ3n) is 7.82. The van der Waals surface area contributed by atoms with Crippen LogP contribution in [-0.2, 0) is 0 Å². The van der Waals surface area contributed by atoms with Crippen molar-refractivity contribution in [3.8, 4) is 17.2 Å². The Bertz CT molecular complexity index is 2270. The van der Waals surface area contributed by atoms with Crippen LogP contribution < -0.4 is 0 Å². The van der Waals surface area contributed by atoms with Crippen molar-refractivity contribution < 1.29 is 4.42 Å². The molecule has 3 heterocycles. The van der Waals surface area contributed by atoms with Gasteiger partial charge in [0.1, 0.15) is 11.2 Å². The maximum Gasteiger partial charge on any atom is 0.235 e. The fraction of sp³-hybridized carbons (Fsp3) is 0.0857. The topological polar surface area (TPSA) is 43.9 Å². The quantitative estimate of drug-likeness (QED) is 0.236. The summed E-state index contributed by atoms with van der Waals surface area (Å²) in [5.41, 5.74) is 10.5. The second-order valence-corrected chi connectivity index (χ2v) is 10.5. The van der Waals surface area contributed by atoms with Gasteiger partial charge < -0.3 is 4.42 Å². The first-order chi connectivity index (χ1) is 19.0. The molecule has 0 aliphatic heterocycles. The Hall–Kier alpha value is -4.96. The Morgan fingerprint density at radius 2 is 1.38 bits per heavy atom. The van der Waals surface area contributed by atoms with Gasteiger partial charge >= 0.3 is 0 Å². The molecular weight excluding hydrogens is 478 g/mol. The first kappa shape index (κ1) is 22.1. The van der Waals surface area contributed by atoms with E-state index in [1.165, 1.54) is 11.1 Å². The summed E-state index contributed by atoms with van der Waals surface area (Å²) in [6, 6.07) is 34.1. The van der Waals surface area contributed by atoms with Crippen molar-refractivity contribution in [1.29, 1.82) is 0 Å². The molecule has 0 spiro atoms. The standard InChI is InChI=1S/C35H25N3O/c1-20-8-6-10-23(16-20)33-25-11-4-5-13-29(25)36-35(37-33)38-30-15-14-21(2)17-26(30)27-19-32-28(18-31(27)38)24-12-7-9-22(3)34(24)39-32/h4-19H,1-3H3. The van der Waals surface area contributed by atoms with E-state index < -0.39 is 0 Å². The van der Waals surface area contributed by atoms with E-state index in [1.807, 2.05) is 6.07 Å². The molecule has 8 aromatic rings. The van der Waals surface area contributed by atoms with E-state index >= 15 is 0 Å². The molecule has 0 aliphatic carbocycles. The molecule has 0 atom stereocenters. The van der Waals surface area contributed by atoms with Crippen LogP contribution in [0.25, 0.3) is 71.9 Å². The number of furan rings is 1. The van der Waals surface area contributed by atoms with Gasteiger partial charge in [0.2, 0.25) is 5.95 Å². The molecule has 5 aromatic carbocycles. The van der Waals surface area contributed by atoms with Gasteiger partial charge in [0.15, 0.2) is 0 Å². The molecule has 0 saturated heterocycles. The summed E-state index contributed by atoms with van der Waals surface area (Å²) in [6.45, 7) is 6.35. The van der Waals surface area contributed by atoms with Crippen LogP contribution in [0.15, 0.2) is 101 Å². The van der Waals surface area contributed by atoms with E-state index in [0.717, 1.165) is 71.5 Å². The van der Waals surface area contributed by atoms with Gasteiger partial charge in [-0.2, -0.15) is 0 Å². The zero-order chi connectivity index (χ0) is 26.2. The van der Waals surface area contributed by atoms with Crippen LogP contribution in [0.5, 0.6) is 0 Å². The minimum atomic E-state index is 0.664. The van der Waals surface area contributed by atoms with Gasteiger partial charge in [0, 0.05) is 32.5 Å². The van der Waals surface area contributed by atoms with E-state index in [1.54, 1.807) is 0 Å². The molecule has 0 amide bonds. The summed E-state index contributed by atoms with van der Waals surface area (Å²) < 4.78 is 8.60. The van der Waals surface area contributed by atoms with Crippen LogP contribution in [0.4, 0.5) is 0 Å². The minimum absolute atomic E-state index is 0.664. The molecule has 0 aliphatic rings.